The van der Waals surface area contributed by atoms with Crippen LogP contribution >= 0.6 is 0 Å². The summed E-state index contributed by atoms with van der Waals surface area (Å²) in [7, 11) is -3.82. The molecule has 5 rings (SSSR count). The fourth-order valence-electron chi connectivity index (χ4n) is 4.48. The Labute approximate surface area is 217 Å². The number of aromatic nitrogens is 2. The van der Waals surface area contributed by atoms with Crippen LogP contribution in [0.3, 0.4) is 0 Å². The van der Waals surface area contributed by atoms with Gasteiger partial charge in [0.1, 0.15) is 11.5 Å². The number of anilines is 1. The molecule has 1 aromatic heterocycles. The van der Waals surface area contributed by atoms with Crippen molar-refractivity contribution in [2.75, 3.05) is 4.72 Å². The fourth-order valence-corrected chi connectivity index (χ4v) is 5.49. The van der Waals surface area contributed by atoms with Gasteiger partial charge in [-0.05, 0) is 68.3 Å². The van der Waals surface area contributed by atoms with Crippen LogP contribution in [0.1, 0.15) is 16.7 Å². The molecule has 37 heavy (non-hydrogen) atoms. The Bertz CT molecular complexity index is 1640. The van der Waals surface area contributed by atoms with E-state index in [4.69, 9.17) is 9.84 Å². The van der Waals surface area contributed by atoms with Gasteiger partial charge < -0.3 is 4.74 Å². The molecule has 7 heteroatoms. The van der Waals surface area contributed by atoms with Gasteiger partial charge in [0.2, 0.25) is 0 Å². The van der Waals surface area contributed by atoms with Gasteiger partial charge in [0.25, 0.3) is 10.0 Å². The minimum Gasteiger partial charge on any atom is -0.457 e. The van der Waals surface area contributed by atoms with Crippen LogP contribution < -0.4 is 9.46 Å². The van der Waals surface area contributed by atoms with Crippen molar-refractivity contribution in [2.45, 2.75) is 25.7 Å². The number of ether oxygens (including phenoxy) is 1. The highest BCUT2D eigenvalue weighted by atomic mass is 32.2. The van der Waals surface area contributed by atoms with Gasteiger partial charge in [-0.15, -0.1) is 5.10 Å². The summed E-state index contributed by atoms with van der Waals surface area (Å²) in [5.41, 5.74) is 5.57. The molecule has 0 atom stereocenters. The van der Waals surface area contributed by atoms with Crippen LogP contribution in [-0.2, 0) is 10.0 Å². The normalized spacial score (nSPS) is 11.3. The molecule has 1 heterocycles. The average Bonchev–Trinajstić information content (AvgIpc) is 3.27. The highest BCUT2D eigenvalue weighted by molar-refractivity contribution is 7.92. The Morgan fingerprint density at radius 2 is 1.35 bits per heavy atom. The molecule has 0 unspecified atom stereocenters. The van der Waals surface area contributed by atoms with E-state index in [1.165, 1.54) is 0 Å². The third kappa shape index (κ3) is 5.13. The topological polar surface area (TPSA) is 73.2 Å². The Kier molecular flexibility index (Phi) is 6.54. The predicted molar refractivity (Wildman–Crippen MR) is 147 cm³/mol. The molecule has 0 aliphatic rings. The summed E-state index contributed by atoms with van der Waals surface area (Å²) in [6.07, 6.45) is 0. The summed E-state index contributed by atoms with van der Waals surface area (Å²) in [5.74, 6) is 1.55. The molecule has 0 saturated carbocycles. The fraction of sp³-hybridized carbons (Fsp3) is 0.100. The monoisotopic (exact) mass is 509 g/mol. The lowest BCUT2D eigenvalue weighted by molar-refractivity contribution is 0.484. The molecule has 0 spiro atoms. The van der Waals surface area contributed by atoms with E-state index in [1.807, 2.05) is 68.4 Å². The van der Waals surface area contributed by atoms with E-state index in [-0.39, 0.29) is 10.7 Å². The number of nitrogens with zero attached hydrogens (tertiary/aromatic N) is 2. The van der Waals surface area contributed by atoms with E-state index in [2.05, 4.69) is 23.8 Å². The molecule has 0 bridgehead atoms. The summed E-state index contributed by atoms with van der Waals surface area (Å²) in [4.78, 5) is 0.168. The van der Waals surface area contributed by atoms with E-state index in [1.54, 1.807) is 41.1 Å². The first kappa shape index (κ1) is 24.3. The van der Waals surface area contributed by atoms with E-state index in [0.29, 0.717) is 17.2 Å². The number of rotatable bonds is 7. The van der Waals surface area contributed by atoms with E-state index in [9.17, 15) is 8.42 Å². The first-order chi connectivity index (χ1) is 17.8. The number of hydrogen-bond donors (Lipinski definition) is 1. The lowest BCUT2D eigenvalue weighted by Gasteiger charge is -2.16. The maximum Gasteiger partial charge on any atom is 0.263 e. The van der Waals surface area contributed by atoms with Crippen LogP contribution in [0.2, 0.25) is 0 Å². The van der Waals surface area contributed by atoms with Crippen molar-refractivity contribution in [3.05, 3.63) is 120 Å². The maximum atomic E-state index is 13.1. The third-order valence-electron chi connectivity index (χ3n) is 5.98. The summed E-state index contributed by atoms with van der Waals surface area (Å²) < 4.78 is 36.9. The quantitative estimate of drug-likeness (QED) is 0.255. The Hall–Kier alpha value is -4.36. The smallest absolute Gasteiger partial charge is 0.263 e. The van der Waals surface area contributed by atoms with Crippen LogP contribution in [0.5, 0.6) is 11.5 Å². The van der Waals surface area contributed by atoms with Crippen LogP contribution in [0.4, 0.5) is 5.82 Å². The van der Waals surface area contributed by atoms with E-state index < -0.39 is 10.0 Å². The van der Waals surface area contributed by atoms with Gasteiger partial charge in [0.05, 0.1) is 16.3 Å². The first-order valence-corrected chi connectivity index (χ1v) is 13.4. The number of hydrogen-bond acceptors (Lipinski definition) is 4. The zero-order chi connectivity index (χ0) is 26.0. The van der Waals surface area contributed by atoms with Gasteiger partial charge in [0, 0.05) is 11.6 Å². The lowest BCUT2D eigenvalue weighted by atomic mass is 10.0. The SMILES string of the molecule is Cc1cc(C)c(-n2nc(NS(=O)(=O)c3ccccc3)cc2-c2ccccc2Oc2ccccc2)c(C)c1. The lowest BCUT2D eigenvalue weighted by Crippen LogP contribution is -2.13. The molecular formula is C30H27N3O3S. The third-order valence-corrected chi connectivity index (χ3v) is 7.35. The van der Waals surface area contributed by atoms with E-state index >= 15 is 0 Å². The van der Waals surface area contributed by atoms with Gasteiger partial charge in [-0.1, -0.05) is 66.2 Å². The summed E-state index contributed by atoms with van der Waals surface area (Å²) >= 11 is 0. The van der Waals surface area contributed by atoms with E-state index in [0.717, 1.165) is 27.9 Å². The number of para-hydroxylation sites is 2. The molecule has 0 saturated heterocycles. The van der Waals surface area contributed by atoms with Crippen LogP contribution in [0.25, 0.3) is 16.9 Å². The maximum absolute atomic E-state index is 13.1. The molecular weight excluding hydrogens is 482 g/mol. The van der Waals surface area contributed by atoms with Crippen molar-refractivity contribution in [1.29, 1.82) is 0 Å². The number of nitrogens with one attached hydrogen (secondary N) is 1. The van der Waals surface area contributed by atoms with Crippen molar-refractivity contribution in [1.82, 2.24) is 9.78 Å². The van der Waals surface area contributed by atoms with Gasteiger partial charge >= 0.3 is 0 Å². The number of aryl methyl sites for hydroxylation is 3. The van der Waals surface area contributed by atoms with Gasteiger partial charge in [-0.3, -0.25) is 4.72 Å². The summed E-state index contributed by atoms with van der Waals surface area (Å²) in [6.45, 7) is 6.11. The Morgan fingerprint density at radius 3 is 2.03 bits per heavy atom. The Morgan fingerprint density at radius 1 is 0.757 bits per heavy atom. The molecule has 186 valence electrons. The molecule has 4 aromatic carbocycles. The van der Waals surface area contributed by atoms with Gasteiger partial charge in [-0.25, -0.2) is 13.1 Å². The van der Waals surface area contributed by atoms with Crippen LogP contribution in [-0.4, -0.2) is 18.2 Å². The minimum atomic E-state index is -3.82. The Balaban J connectivity index is 1.67. The average molecular weight is 510 g/mol. The van der Waals surface area contributed by atoms with Gasteiger partial charge in [0.15, 0.2) is 5.82 Å². The largest absolute Gasteiger partial charge is 0.457 e. The summed E-state index contributed by atoms with van der Waals surface area (Å²) in [5, 5.41) is 4.74. The van der Waals surface area contributed by atoms with Crippen molar-refractivity contribution in [3.8, 4) is 28.4 Å². The molecule has 0 aliphatic carbocycles. The standard InChI is InChI=1S/C30H27N3O3S/c1-21-18-22(2)30(23(3)19-21)33-27(20-29(31-33)32-37(34,35)25-14-8-5-9-15-25)26-16-10-11-17-28(26)36-24-12-6-4-7-13-24/h4-20H,1-3H3,(H,31,32). The zero-order valence-electron chi connectivity index (χ0n) is 20.8. The van der Waals surface area contributed by atoms with Crippen LogP contribution in [0, 0.1) is 20.8 Å². The van der Waals surface area contributed by atoms with Crippen molar-refractivity contribution in [2.24, 2.45) is 0 Å². The van der Waals surface area contributed by atoms with Crippen LogP contribution in [0.15, 0.2) is 108 Å². The first-order valence-electron chi connectivity index (χ1n) is 11.9. The highest BCUT2D eigenvalue weighted by Crippen LogP contribution is 2.37. The highest BCUT2D eigenvalue weighted by Gasteiger charge is 2.22. The molecule has 0 fully saturated rings. The second-order valence-electron chi connectivity index (χ2n) is 8.90. The van der Waals surface area contributed by atoms with Crippen molar-refractivity contribution < 1.29 is 13.2 Å². The second-order valence-corrected chi connectivity index (χ2v) is 10.6. The minimum absolute atomic E-state index is 0.168. The summed E-state index contributed by atoms with van der Waals surface area (Å²) in [6, 6.07) is 31.4. The molecule has 0 aliphatic heterocycles. The second kappa shape index (κ2) is 9.95. The van der Waals surface area contributed by atoms with Crippen molar-refractivity contribution in [3.63, 3.8) is 0 Å². The zero-order valence-corrected chi connectivity index (χ0v) is 21.7. The molecule has 5 aromatic rings. The molecule has 1 N–H and O–H groups in total. The molecule has 6 nitrogen and oxygen atoms in total. The van der Waals surface area contributed by atoms with Crippen molar-refractivity contribution >= 4 is 15.8 Å². The predicted octanol–water partition coefficient (Wildman–Crippen LogP) is 7.06. The molecule has 0 amide bonds. The number of benzene rings is 4. The molecule has 0 radical (unpaired) electrons. The van der Waals surface area contributed by atoms with Gasteiger partial charge in [-0.2, -0.15) is 0 Å². The number of sulfonamides is 1.